The molecule has 0 radical (unpaired) electrons. The van der Waals surface area contributed by atoms with Gasteiger partial charge in [0, 0.05) is 12.1 Å². The Labute approximate surface area is 193 Å². The van der Waals surface area contributed by atoms with Crippen molar-refractivity contribution in [3.8, 4) is 11.5 Å². The maximum Gasteiger partial charge on any atom is 0.326 e. The number of rotatable bonds is 5. The lowest BCUT2D eigenvalue weighted by Gasteiger charge is -2.18. The molecule has 1 aliphatic heterocycles. The zero-order chi connectivity index (χ0) is 22.8. The lowest BCUT2D eigenvalue weighted by Crippen LogP contribution is -2.23. The molecule has 2 heterocycles. The largest absolute Gasteiger partial charge is 0.486 e. The maximum absolute atomic E-state index is 12.9. The maximum atomic E-state index is 12.9. The molecule has 3 aromatic carbocycles. The van der Waals surface area contributed by atoms with E-state index in [2.05, 4.69) is 4.99 Å². The van der Waals surface area contributed by atoms with Gasteiger partial charge < -0.3 is 18.8 Å². The van der Waals surface area contributed by atoms with E-state index in [-0.39, 0.29) is 25.5 Å². The highest BCUT2D eigenvalue weighted by Gasteiger charge is 2.18. The van der Waals surface area contributed by atoms with Crippen LogP contribution in [0.3, 0.4) is 0 Å². The molecule has 4 aromatic rings. The quantitative estimate of drug-likeness (QED) is 0.421. The number of carbonyl (C=O) groups excluding carboxylic acids is 2. The molecule has 0 bridgehead atoms. The summed E-state index contributed by atoms with van der Waals surface area (Å²) >= 11 is 1.33. The highest BCUT2D eigenvalue weighted by Crippen LogP contribution is 2.35. The van der Waals surface area contributed by atoms with Gasteiger partial charge in [0.25, 0.3) is 5.91 Å². The van der Waals surface area contributed by atoms with Crippen LogP contribution >= 0.6 is 11.3 Å². The molecule has 1 aromatic heterocycles. The number of thiazole rings is 1. The van der Waals surface area contributed by atoms with Gasteiger partial charge in [0.1, 0.15) is 19.8 Å². The average molecular weight is 463 g/mol. The topological polar surface area (TPSA) is 79.1 Å². The van der Waals surface area contributed by atoms with Crippen LogP contribution < -0.4 is 14.3 Å². The number of esters is 1. The van der Waals surface area contributed by atoms with Crippen molar-refractivity contribution >= 4 is 44.2 Å². The van der Waals surface area contributed by atoms with Crippen molar-refractivity contribution < 1.29 is 23.8 Å². The van der Waals surface area contributed by atoms with Crippen molar-refractivity contribution in [3.63, 3.8) is 0 Å². The van der Waals surface area contributed by atoms with E-state index >= 15 is 0 Å². The van der Waals surface area contributed by atoms with Crippen molar-refractivity contribution in [1.29, 1.82) is 0 Å². The molecule has 168 valence electrons. The van der Waals surface area contributed by atoms with E-state index in [0.29, 0.717) is 29.5 Å². The summed E-state index contributed by atoms with van der Waals surface area (Å²) in [5.41, 5.74) is 1.63. The van der Waals surface area contributed by atoms with Gasteiger partial charge in [-0.3, -0.25) is 9.59 Å². The number of ether oxygens (including phenoxy) is 3. The summed E-state index contributed by atoms with van der Waals surface area (Å²) in [7, 11) is 0. The molecule has 7 nitrogen and oxygen atoms in total. The average Bonchev–Trinajstić information content (AvgIpc) is 3.13. The predicted molar refractivity (Wildman–Crippen MR) is 126 cm³/mol. The Morgan fingerprint density at radius 1 is 1.03 bits per heavy atom. The van der Waals surface area contributed by atoms with E-state index < -0.39 is 5.97 Å². The minimum Gasteiger partial charge on any atom is -0.486 e. The van der Waals surface area contributed by atoms with Crippen LogP contribution in [0.2, 0.25) is 0 Å². The van der Waals surface area contributed by atoms with Crippen LogP contribution in [-0.4, -0.2) is 36.3 Å². The van der Waals surface area contributed by atoms with Crippen LogP contribution in [0.5, 0.6) is 11.5 Å². The fourth-order valence-electron chi connectivity index (χ4n) is 3.85. The van der Waals surface area contributed by atoms with Gasteiger partial charge in [-0.2, -0.15) is 4.99 Å². The Hall–Kier alpha value is -3.65. The van der Waals surface area contributed by atoms with Gasteiger partial charge >= 0.3 is 5.97 Å². The highest BCUT2D eigenvalue weighted by atomic mass is 32.1. The van der Waals surface area contributed by atoms with Gasteiger partial charge in [-0.25, -0.2) is 0 Å². The molecule has 0 unspecified atom stereocenters. The van der Waals surface area contributed by atoms with Crippen LogP contribution in [0.4, 0.5) is 0 Å². The summed E-state index contributed by atoms with van der Waals surface area (Å²) in [4.78, 5) is 30.0. The van der Waals surface area contributed by atoms with E-state index in [1.165, 1.54) is 11.3 Å². The van der Waals surface area contributed by atoms with Crippen molar-refractivity contribution in [2.75, 3.05) is 19.8 Å². The molecular formula is C25H22N2O5S. The second-order valence-corrected chi connectivity index (χ2v) is 8.61. The van der Waals surface area contributed by atoms with E-state index in [9.17, 15) is 9.59 Å². The molecule has 0 saturated heterocycles. The minimum atomic E-state index is -0.393. The molecule has 8 heteroatoms. The lowest BCUT2D eigenvalue weighted by atomic mass is 10.1. The van der Waals surface area contributed by atoms with Gasteiger partial charge in [0.2, 0.25) is 0 Å². The second-order valence-electron chi connectivity index (χ2n) is 7.60. The number of nitrogens with zero attached hydrogens (tertiary/aromatic N) is 2. The van der Waals surface area contributed by atoms with Crippen LogP contribution in [0, 0.1) is 0 Å². The standard InChI is InChI=1S/C25H22N2O5S/c1-2-30-24(29)15-27-19-13-20-21(32-10-9-31-20)14-22(19)33-25(27)26-23(28)12-16-7-8-17-5-3-4-6-18(17)11-16/h3-8,11,13-14H,2,9-10,12,15H2,1H3. The molecular weight excluding hydrogens is 440 g/mol. The Morgan fingerprint density at radius 2 is 1.79 bits per heavy atom. The van der Waals surface area contributed by atoms with Crippen molar-refractivity contribution in [2.45, 2.75) is 19.9 Å². The summed E-state index contributed by atoms with van der Waals surface area (Å²) in [5, 5.41) is 2.20. The molecule has 0 aliphatic carbocycles. The zero-order valence-corrected chi connectivity index (χ0v) is 18.9. The second kappa shape index (κ2) is 9.07. The first-order valence-electron chi connectivity index (χ1n) is 10.7. The molecule has 5 rings (SSSR count). The molecule has 0 N–H and O–H groups in total. The van der Waals surface area contributed by atoms with Crippen molar-refractivity contribution in [3.05, 3.63) is 65.0 Å². The molecule has 33 heavy (non-hydrogen) atoms. The lowest BCUT2D eigenvalue weighted by molar-refractivity contribution is -0.143. The van der Waals surface area contributed by atoms with Crippen LogP contribution in [-0.2, 0) is 27.3 Å². The van der Waals surface area contributed by atoms with Crippen molar-refractivity contribution in [2.24, 2.45) is 4.99 Å². The molecule has 0 saturated carbocycles. The normalized spacial score (nSPS) is 13.4. The Bertz CT molecular complexity index is 1440. The van der Waals surface area contributed by atoms with Crippen molar-refractivity contribution in [1.82, 2.24) is 4.57 Å². The smallest absolute Gasteiger partial charge is 0.326 e. The highest BCUT2D eigenvalue weighted by molar-refractivity contribution is 7.16. The first kappa shape index (κ1) is 21.2. The summed E-state index contributed by atoms with van der Waals surface area (Å²) in [6.45, 7) is 2.93. The fraction of sp³-hybridized carbons (Fsp3) is 0.240. The number of aromatic nitrogens is 1. The SMILES string of the molecule is CCOC(=O)Cn1c(=NC(=O)Cc2ccc3ccccc3c2)sc2cc3c(cc21)OCCO3. The fourth-order valence-corrected chi connectivity index (χ4v) is 4.91. The molecule has 1 amide bonds. The Kier molecular flexibility index (Phi) is 5.83. The molecule has 0 spiro atoms. The zero-order valence-electron chi connectivity index (χ0n) is 18.1. The van der Waals surface area contributed by atoms with E-state index in [1.54, 1.807) is 11.5 Å². The third kappa shape index (κ3) is 4.47. The first-order chi connectivity index (χ1) is 16.1. The van der Waals surface area contributed by atoms with Gasteiger partial charge in [-0.15, -0.1) is 0 Å². The van der Waals surface area contributed by atoms with Gasteiger partial charge in [-0.1, -0.05) is 53.8 Å². The van der Waals surface area contributed by atoms with Gasteiger partial charge in [-0.05, 0) is 23.3 Å². The number of carbonyl (C=O) groups is 2. The van der Waals surface area contributed by atoms with E-state index in [4.69, 9.17) is 14.2 Å². The third-order valence-corrected chi connectivity index (χ3v) is 6.37. The number of amides is 1. The monoisotopic (exact) mass is 462 g/mol. The molecule has 0 atom stereocenters. The third-order valence-electron chi connectivity index (χ3n) is 5.33. The van der Waals surface area contributed by atoms with Gasteiger partial charge in [0.05, 0.1) is 23.2 Å². The summed E-state index contributed by atoms with van der Waals surface area (Å²) in [6.07, 6.45) is 0.168. The minimum absolute atomic E-state index is 0.0461. The molecule has 1 aliphatic rings. The Morgan fingerprint density at radius 3 is 2.58 bits per heavy atom. The van der Waals surface area contributed by atoms with Gasteiger partial charge in [0.15, 0.2) is 16.3 Å². The summed E-state index contributed by atoms with van der Waals surface area (Å²) < 4.78 is 19.1. The predicted octanol–water partition coefficient (Wildman–Crippen LogP) is 3.86. The van der Waals surface area contributed by atoms with Crippen LogP contribution in [0.25, 0.3) is 21.0 Å². The number of benzene rings is 3. The Balaban J connectivity index is 1.52. The number of hydrogen-bond donors (Lipinski definition) is 0. The van der Waals surface area contributed by atoms with E-state index in [0.717, 1.165) is 26.6 Å². The number of fused-ring (bicyclic) bond motifs is 3. The van der Waals surface area contributed by atoms with Crippen LogP contribution in [0.1, 0.15) is 12.5 Å². The summed E-state index contributed by atoms with van der Waals surface area (Å²) in [5.74, 6) is 0.577. The van der Waals surface area contributed by atoms with Crippen LogP contribution in [0.15, 0.2) is 59.6 Å². The number of hydrogen-bond acceptors (Lipinski definition) is 6. The van der Waals surface area contributed by atoms with E-state index in [1.807, 2.05) is 54.6 Å². The summed E-state index contributed by atoms with van der Waals surface area (Å²) in [6, 6.07) is 17.7. The first-order valence-corrected chi connectivity index (χ1v) is 11.6. The molecule has 0 fully saturated rings.